The van der Waals surface area contributed by atoms with Crippen LogP contribution in [0.1, 0.15) is 15.9 Å². The van der Waals surface area contributed by atoms with Gasteiger partial charge in [-0.05, 0) is 30.3 Å². The molecular weight excluding hydrogens is 274 g/mol. The van der Waals surface area contributed by atoms with E-state index in [9.17, 15) is 13.6 Å². The highest BCUT2D eigenvalue weighted by molar-refractivity contribution is 6.30. The lowest BCUT2D eigenvalue weighted by Crippen LogP contribution is -2.08. The number of ketones is 1. The fraction of sp³-hybridized carbons (Fsp3) is 0.0714. The summed E-state index contributed by atoms with van der Waals surface area (Å²) < 4.78 is 32.3. The third-order valence-corrected chi connectivity index (χ3v) is 2.83. The Hall–Kier alpha value is -1.94. The van der Waals surface area contributed by atoms with Crippen LogP contribution in [0, 0.1) is 11.6 Å². The Morgan fingerprint density at radius 1 is 1.16 bits per heavy atom. The number of rotatable bonds is 3. The van der Waals surface area contributed by atoms with Gasteiger partial charge in [-0.3, -0.25) is 4.79 Å². The molecule has 2 nitrogen and oxygen atoms in total. The van der Waals surface area contributed by atoms with Crippen molar-refractivity contribution in [2.45, 2.75) is 0 Å². The van der Waals surface area contributed by atoms with Crippen LogP contribution >= 0.6 is 11.6 Å². The predicted octanol–water partition coefficient (Wildman–Crippen LogP) is 3.86. The molecule has 0 aliphatic carbocycles. The van der Waals surface area contributed by atoms with E-state index < -0.39 is 17.4 Å². The summed E-state index contributed by atoms with van der Waals surface area (Å²) in [5.74, 6) is -2.30. The van der Waals surface area contributed by atoms with Gasteiger partial charge in [0.1, 0.15) is 22.9 Å². The highest BCUT2D eigenvalue weighted by atomic mass is 35.5. The van der Waals surface area contributed by atoms with Crippen LogP contribution in [0.25, 0.3) is 0 Å². The lowest BCUT2D eigenvalue weighted by molar-refractivity contribution is 0.102. The standard InChI is InChI=1S/C14H9ClF2O2/c1-19-12-4-2-3-10(16)13(12)14(18)9-6-5-8(15)7-11(9)17/h2-7H,1H3. The van der Waals surface area contributed by atoms with Gasteiger partial charge in [0, 0.05) is 5.02 Å². The first-order valence-electron chi connectivity index (χ1n) is 5.37. The van der Waals surface area contributed by atoms with E-state index in [1.807, 2.05) is 0 Å². The largest absolute Gasteiger partial charge is 0.496 e. The Kier molecular flexibility index (Phi) is 3.81. The quantitative estimate of drug-likeness (QED) is 0.799. The van der Waals surface area contributed by atoms with E-state index >= 15 is 0 Å². The molecule has 0 unspecified atom stereocenters. The first kappa shape index (κ1) is 13.5. The number of halogens is 3. The Morgan fingerprint density at radius 2 is 1.89 bits per heavy atom. The molecule has 0 aliphatic heterocycles. The molecule has 0 saturated carbocycles. The zero-order valence-corrected chi connectivity index (χ0v) is 10.7. The number of hydrogen-bond donors (Lipinski definition) is 0. The van der Waals surface area contributed by atoms with E-state index in [4.69, 9.17) is 16.3 Å². The average Bonchev–Trinajstić information content (AvgIpc) is 2.37. The van der Waals surface area contributed by atoms with Crippen molar-refractivity contribution < 1.29 is 18.3 Å². The van der Waals surface area contributed by atoms with Gasteiger partial charge in [0.15, 0.2) is 0 Å². The summed E-state index contributed by atoms with van der Waals surface area (Å²) >= 11 is 5.61. The van der Waals surface area contributed by atoms with Crippen LogP contribution in [0.2, 0.25) is 5.02 Å². The third kappa shape index (κ3) is 2.58. The molecule has 0 saturated heterocycles. The summed E-state index contributed by atoms with van der Waals surface area (Å²) in [5, 5.41) is 0.162. The van der Waals surface area contributed by atoms with Crippen LogP contribution < -0.4 is 4.74 Å². The van der Waals surface area contributed by atoms with Crippen molar-refractivity contribution in [1.82, 2.24) is 0 Å². The molecule has 0 amide bonds. The van der Waals surface area contributed by atoms with Gasteiger partial charge in [0.05, 0.1) is 12.7 Å². The summed E-state index contributed by atoms with van der Waals surface area (Å²) in [4.78, 5) is 12.2. The fourth-order valence-corrected chi connectivity index (χ4v) is 1.86. The van der Waals surface area contributed by atoms with Crippen molar-refractivity contribution in [2.24, 2.45) is 0 Å². The van der Waals surface area contributed by atoms with Crippen molar-refractivity contribution >= 4 is 17.4 Å². The third-order valence-electron chi connectivity index (χ3n) is 2.60. The number of carbonyl (C=O) groups excluding carboxylic acids is 1. The summed E-state index contributed by atoms with van der Waals surface area (Å²) in [5.41, 5.74) is -0.556. The molecule has 0 aromatic heterocycles. The minimum absolute atomic E-state index is 0.0550. The average molecular weight is 283 g/mol. The highest BCUT2D eigenvalue weighted by Gasteiger charge is 2.21. The van der Waals surface area contributed by atoms with Gasteiger partial charge in [-0.25, -0.2) is 8.78 Å². The highest BCUT2D eigenvalue weighted by Crippen LogP contribution is 2.26. The molecule has 0 aliphatic rings. The Balaban J connectivity index is 2.56. The van der Waals surface area contributed by atoms with E-state index in [0.717, 1.165) is 12.1 Å². The molecule has 2 rings (SSSR count). The minimum Gasteiger partial charge on any atom is -0.496 e. The van der Waals surface area contributed by atoms with Crippen molar-refractivity contribution in [3.8, 4) is 5.75 Å². The van der Waals surface area contributed by atoms with Crippen LogP contribution in [0.3, 0.4) is 0 Å². The molecule has 98 valence electrons. The van der Waals surface area contributed by atoms with Gasteiger partial charge >= 0.3 is 0 Å². The van der Waals surface area contributed by atoms with Crippen LogP contribution in [0.4, 0.5) is 8.78 Å². The van der Waals surface area contributed by atoms with Gasteiger partial charge in [-0.15, -0.1) is 0 Å². The van der Waals surface area contributed by atoms with Gasteiger partial charge < -0.3 is 4.74 Å². The molecule has 0 atom stereocenters. The molecule has 0 radical (unpaired) electrons. The lowest BCUT2D eigenvalue weighted by atomic mass is 10.0. The van der Waals surface area contributed by atoms with E-state index in [0.29, 0.717) is 0 Å². The van der Waals surface area contributed by atoms with Gasteiger partial charge in [-0.1, -0.05) is 17.7 Å². The SMILES string of the molecule is COc1cccc(F)c1C(=O)c1ccc(Cl)cc1F. The van der Waals surface area contributed by atoms with E-state index in [1.54, 1.807) is 0 Å². The van der Waals surface area contributed by atoms with Gasteiger partial charge in [-0.2, -0.15) is 0 Å². The predicted molar refractivity (Wildman–Crippen MR) is 67.8 cm³/mol. The number of carbonyl (C=O) groups is 1. The first-order valence-corrected chi connectivity index (χ1v) is 5.74. The first-order chi connectivity index (χ1) is 9.04. The zero-order chi connectivity index (χ0) is 14.0. The zero-order valence-electron chi connectivity index (χ0n) is 9.91. The van der Waals surface area contributed by atoms with Gasteiger partial charge in [0.25, 0.3) is 0 Å². The Morgan fingerprint density at radius 3 is 2.53 bits per heavy atom. The van der Waals surface area contributed by atoms with Crippen LogP contribution in [0.5, 0.6) is 5.75 Å². The van der Waals surface area contributed by atoms with Crippen LogP contribution in [-0.4, -0.2) is 12.9 Å². The van der Waals surface area contributed by atoms with Crippen LogP contribution in [-0.2, 0) is 0 Å². The maximum atomic E-state index is 13.7. The summed E-state index contributed by atoms with van der Waals surface area (Å²) in [6, 6.07) is 7.54. The van der Waals surface area contributed by atoms with E-state index in [2.05, 4.69) is 0 Å². The molecular formula is C14H9ClF2O2. The molecule has 0 fully saturated rings. The maximum Gasteiger partial charge on any atom is 0.202 e. The van der Waals surface area contributed by atoms with Crippen molar-refractivity contribution in [3.63, 3.8) is 0 Å². The van der Waals surface area contributed by atoms with Crippen molar-refractivity contribution in [1.29, 1.82) is 0 Å². The molecule has 19 heavy (non-hydrogen) atoms. The van der Waals surface area contributed by atoms with Crippen molar-refractivity contribution in [2.75, 3.05) is 7.11 Å². The lowest BCUT2D eigenvalue weighted by Gasteiger charge is -2.09. The number of hydrogen-bond acceptors (Lipinski definition) is 2. The number of benzene rings is 2. The van der Waals surface area contributed by atoms with E-state index in [-0.39, 0.29) is 21.9 Å². The monoisotopic (exact) mass is 282 g/mol. The molecule has 2 aromatic carbocycles. The summed E-state index contributed by atoms with van der Waals surface area (Å²) in [7, 11) is 1.31. The Labute approximate surface area is 113 Å². The molecule has 0 N–H and O–H groups in total. The summed E-state index contributed by atoms with van der Waals surface area (Å²) in [6.45, 7) is 0. The molecule has 0 bridgehead atoms. The van der Waals surface area contributed by atoms with Crippen LogP contribution in [0.15, 0.2) is 36.4 Å². The number of methoxy groups -OCH3 is 1. The topological polar surface area (TPSA) is 26.3 Å². The fourth-order valence-electron chi connectivity index (χ4n) is 1.70. The normalized spacial score (nSPS) is 10.3. The van der Waals surface area contributed by atoms with Gasteiger partial charge in [0.2, 0.25) is 5.78 Å². The second-order valence-corrected chi connectivity index (χ2v) is 4.21. The maximum absolute atomic E-state index is 13.7. The molecule has 0 spiro atoms. The summed E-state index contributed by atoms with van der Waals surface area (Å²) in [6.07, 6.45) is 0. The molecule has 2 aromatic rings. The Bertz CT molecular complexity index is 641. The second-order valence-electron chi connectivity index (χ2n) is 3.77. The molecule has 0 heterocycles. The second kappa shape index (κ2) is 5.36. The minimum atomic E-state index is -0.803. The number of ether oxygens (including phenoxy) is 1. The van der Waals surface area contributed by atoms with E-state index in [1.165, 1.54) is 31.4 Å². The smallest absolute Gasteiger partial charge is 0.202 e. The van der Waals surface area contributed by atoms with Crippen molar-refractivity contribution in [3.05, 3.63) is 64.2 Å². The molecule has 5 heteroatoms.